The third kappa shape index (κ3) is 2.72. The molecule has 0 aliphatic carbocycles. The fraction of sp³-hybridized carbons (Fsp3) is 0.333. The van der Waals surface area contributed by atoms with Gasteiger partial charge in [-0.05, 0) is 24.1 Å². The molecule has 0 bridgehead atoms. The topological polar surface area (TPSA) is 46.2 Å². The zero-order valence-corrected chi connectivity index (χ0v) is 7.84. The van der Waals surface area contributed by atoms with Crippen molar-refractivity contribution in [3.63, 3.8) is 0 Å². The first-order valence-electron chi connectivity index (χ1n) is 3.78. The van der Waals surface area contributed by atoms with Gasteiger partial charge in [-0.2, -0.15) is 0 Å². The molecule has 3 N–H and O–H groups in total. The minimum atomic E-state index is 0. The number of phenolic OH excluding ortho intramolecular Hbond substituents is 1. The number of hydrogen-bond acceptors (Lipinski definition) is 2. The number of rotatable bonds is 2. The lowest BCUT2D eigenvalue weighted by molar-refractivity contribution is 0.475. The van der Waals surface area contributed by atoms with Crippen molar-refractivity contribution in [1.82, 2.24) is 0 Å². The Balaban J connectivity index is 0.00000121. The SMILES string of the molecule is CC[C@H](N)c1ccc(O)cc1.Cl. The van der Waals surface area contributed by atoms with Gasteiger partial charge < -0.3 is 10.8 Å². The van der Waals surface area contributed by atoms with Crippen LogP contribution in [0.5, 0.6) is 5.75 Å². The van der Waals surface area contributed by atoms with Crippen molar-refractivity contribution in [3.8, 4) is 5.75 Å². The molecule has 0 saturated heterocycles. The van der Waals surface area contributed by atoms with E-state index < -0.39 is 0 Å². The van der Waals surface area contributed by atoms with E-state index in [0.29, 0.717) is 0 Å². The summed E-state index contributed by atoms with van der Waals surface area (Å²) in [5.41, 5.74) is 6.84. The molecule has 3 heteroatoms. The Labute approximate surface area is 78.8 Å². The second-order valence-corrected chi connectivity index (χ2v) is 2.61. The van der Waals surface area contributed by atoms with E-state index in [1.807, 2.05) is 19.1 Å². The maximum atomic E-state index is 8.97. The Morgan fingerprint density at radius 2 is 1.83 bits per heavy atom. The molecule has 0 heterocycles. The summed E-state index contributed by atoms with van der Waals surface area (Å²) in [4.78, 5) is 0. The molecule has 1 aromatic rings. The number of halogens is 1. The Bertz CT molecular complexity index is 222. The average molecular weight is 188 g/mol. The van der Waals surface area contributed by atoms with Crippen LogP contribution in [0.2, 0.25) is 0 Å². The van der Waals surface area contributed by atoms with E-state index in [0.717, 1.165) is 12.0 Å². The molecule has 0 unspecified atom stereocenters. The number of nitrogens with two attached hydrogens (primary N) is 1. The average Bonchev–Trinajstić information content (AvgIpc) is 2.05. The fourth-order valence-electron chi connectivity index (χ4n) is 0.957. The summed E-state index contributed by atoms with van der Waals surface area (Å²) in [6, 6.07) is 7.11. The van der Waals surface area contributed by atoms with Crippen LogP contribution in [0.25, 0.3) is 0 Å². The van der Waals surface area contributed by atoms with Gasteiger partial charge in [0, 0.05) is 6.04 Å². The molecular formula is C9H14ClNO. The zero-order valence-electron chi connectivity index (χ0n) is 7.03. The predicted molar refractivity (Wildman–Crippen MR) is 52.6 cm³/mol. The highest BCUT2D eigenvalue weighted by molar-refractivity contribution is 5.85. The Hall–Kier alpha value is -0.730. The third-order valence-corrected chi connectivity index (χ3v) is 1.76. The first-order valence-corrected chi connectivity index (χ1v) is 3.78. The number of hydrogen-bond donors (Lipinski definition) is 2. The van der Waals surface area contributed by atoms with Crippen LogP contribution in [0, 0.1) is 0 Å². The molecule has 1 aromatic carbocycles. The van der Waals surface area contributed by atoms with Crippen LogP contribution in [0.15, 0.2) is 24.3 Å². The van der Waals surface area contributed by atoms with Gasteiger partial charge in [0.25, 0.3) is 0 Å². The molecule has 0 radical (unpaired) electrons. The minimum Gasteiger partial charge on any atom is -0.508 e. The van der Waals surface area contributed by atoms with Crippen LogP contribution in [0.1, 0.15) is 24.9 Å². The first kappa shape index (κ1) is 11.3. The summed E-state index contributed by atoms with van der Waals surface area (Å²) >= 11 is 0. The van der Waals surface area contributed by atoms with Crippen molar-refractivity contribution in [3.05, 3.63) is 29.8 Å². The molecule has 1 rings (SSSR count). The molecule has 2 nitrogen and oxygen atoms in total. The highest BCUT2D eigenvalue weighted by atomic mass is 35.5. The van der Waals surface area contributed by atoms with Crippen molar-refractivity contribution in [2.45, 2.75) is 19.4 Å². The van der Waals surface area contributed by atoms with Gasteiger partial charge in [0.2, 0.25) is 0 Å². The van der Waals surface area contributed by atoms with Gasteiger partial charge in [-0.3, -0.25) is 0 Å². The van der Waals surface area contributed by atoms with E-state index in [-0.39, 0.29) is 24.2 Å². The fourth-order valence-corrected chi connectivity index (χ4v) is 0.957. The van der Waals surface area contributed by atoms with E-state index >= 15 is 0 Å². The summed E-state index contributed by atoms with van der Waals surface area (Å²) in [5, 5.41) is 8.97. The van der Waals surface area contributed by atoms with E-state index in [2.05, 4.69) is 0 Å². The summed E-state index contributed by atoms with van der Waals surface area (Å²) in [6.07, 6.45) is 0.921. The molecule has 1 atom stereocenters. The smallest absolute Gasteiger partial charge is 0.115 e. The summed E-state index contributed by atoms with van der Waals surface area (Å²) in [7, 11) is 0. The van der Waals surface area contributed by atoms with Gasteiger partial charge in [-0.15, -0.1) is 12.4 Å². The maximum absolute atomic E-state index is 8.97. The first-order chi connectivity index (χ1) is 5.24. The Morgan fingerprint density at radius 1 is 1.33 bits per heavy atom. The molecular weight excluding hydrogens is 174 g/mol. The van der Waals surface area contributed by atoms with E-state index in [1.165, 1.54) is 0 Å². The van der Waals surface area contributed by atoms with Gasteiger partial charge in [-0.25, -0.2) is 0 Å². The van der Waals surface area contributed by atoms with Crippen LogP contribution in [-0.2, 0) is 0 Å². The van der Waals surface area contributed by atoms with Crippen LogP contribution >= 0.6 is 12.4 Å². The predicted octanol–water partition coefficient (Wildman–Crippen LogP) is 2.22. The van der Waals surface area contributed by atoms with E-state index in [9.17, 15) is 0 Å². The number of aromatic hydroxyl groups is 1. The molecule has 0 saturated carbocycles. The van der Waals surface area contributed by atoms with Gasteiger partial charge >= 0.3 is 0 Å². The van der Waals surface area contributed by atoms with Crippen LogP contribution in [0.3, 0.4) is 0 Å². The highest BCUT2D eigenvalue weighted by Gasteiger charge is 2.01. The number of benzene rings is 1. The molecule has 12 heavy (non-hydrogen) atoms. The van der Waals surface area contributed by atoms with Gasteiger partial charge in [-0.1, -0.05) is 19.1 Å². The van der Waals surface area contributed by atoms with Crippen molar-refractivity contribution >= 4 is 12.4 Å². The van der Waals surface area contributed by atoms with Crippen molar-refractivity contribution in [2.75, 3.05) is 0 Å². The Kier molecular flexibility index (Phi) is 4.71. The molecule has 0 amide bonds. The van der Waals surface area contributed by atoms with Crippen molar-refractivity contribution in [1.29, 1.82) is 0 Å². The molecule has 0 aromatic heterocycles. The monoisotopic (exact) mass is 187 g/mol. The maximum Gasteiger partial charge on any atom is 0.115 e. The molecule has 0 aliphatic rings. The van der Waals surface area contributed by atoms with Crippen LogP contribution in [-0.4, -0.2) is 5.11 Å². The molecule has 0 fully saturated rings. The summed E-state index contributed by atoms with van der Waals surface area (Å²) in [5.74, 6) is 0.289. The standard InChI is InChI=1S/C9H13NO.ClH/c1-2-9(10)7-3-5-8(11)6-4-7;/h3-6,9,11H,2,10H2,1H3;1H/t9-;/m0./s1. The van der Waals surface area contributed by atoms with Gasteiger partial charge in [0.15, 0.2) is 0 Å². The molecule has 0 spiro atoms. The second kappa shape index (κ2) is 5.01. The lowest BCUT2D eigenvalue weighted by Crippen LogP contribution is -2.07. The molecule has 0 aliphatic heterocycles. The summed E-state index contributed by atoms with van der Waals surface area (Å²) in [6.45, 7) is 2.04. The van der Waals surface area contributed by atoms with Gasteiger partial charge in [0.1, 0.15) is 5.75 Å². The second-order valence-electron chi connectivity index (χ2n) is 2.61. The lowest BCUT2D eigenvalue weighted by atomic mass is 10.1. The molecule has 68 valence electrons. The third-order valence-electron chi connectivity index (χ3n) is 1.76. The number of phenols is 1. The quantitative estimate of drug-likeness (QED) is 0.746. The van der Waals surface area contributed by atoms with Crippen LogP contribution in [0.4, 0.5) is 0 Å². The van der Waals surface area contributed by atoms with Crippen molar-refractivity contribution < 1.29 is 5.11 Å². The summed E-state index contributed by atoms with van der Waals surface area (Å²) < 4.78 is 0. The largest absolute Gasteiger partial charge is 0.508 e. The zero-order chi connectivity index (χ0) is 8.27. The van der Waals surface area contributed by atoms with Gasteiger partial charge in [0.05, 0.1) is 0 Å². The Morgan fingerprint density at radius 3 is 2.25 bits per heavy atom. The normalized spacial score (nSPS) is 11.8. The highest BCUT2D eigenvalue weighted by Crippen LogP contribution is 2.16. The van der Waals surface area contributed by atoms with E-state index in [4.69, 9.17) is 10.8 Å². The van der Waals surface area contributed by atoms with Crippen LogP contribution < -0.4 is 5.73 Å². The van der Waals surface area contributed by atoms with Crippen molar-refractivity contribution in [2.24, 2.45) is 5.73 Å². The lowest BCUT2D eigenvalue weighted by Gasteiger charge is -2.07. The van der Waals surface area contributed by atoms with E-state index in [1.54, 1.807) is 12.1 Å². The minimum absolute atomic E-state index is 0.